The first kappa shape index (κ1) is 13.7. The molecular weight excluding hydrogens is 211 g/mol. The molecule has 0 aromatic rings. The Morgan fingerprint density at radius 1 is 1.38 bits per heavy atom. The first-order valence-corrected chi connectivity index (χ1v) is 7.17. The predicted octanol–water partition coefficient (Wildman–Crippen LogP) is 2.72. The summed E-state index contributed by atoms with van der Waals surface area (Å²) in [6.07, 6.45) is 12.7. The first-order valence-electron chi connectivity index (χ1n) is 4.73. The zero-order valence-corrected chi connectivity index (χ0v) is 11.0. The Morgan fingerprint density at radius 2 is 2.23 bits per heavy atom. The first-order chi connectivity index (χ1) is 5.89. The minimum atomic E-state index is -0.595. The predicted molar refractivity (Wildman–Crippen MR) is 53.2 cm³/mol. The molecule has 0 atom stereocenters. The Morgan fingerprint density at radius 3 is 2.46 bits per heavy atom. The van der Waals surface area contributed by atoms with Gasteiger partial charge < -0.3 is 3.79 Å². The molecule has 13 heavy (non-hydrogen) atoms. The van der Waals surface area contributed by atoms with Gasteiger partial charge in [-0.05, 0) is 6.42 Å². The van der Waals surface area contributed by atoms with E-state index in [1.165, 1.54) is 18.1 Å². The van der Waals surface area contributed by atoms with Crippen LogP contribution in [0.4, 0.5) is 0 Å². The second-order valence-corrected chi connectivity index (χ2v) is 5.71. The van der Waals surface area contributed by atoms with Crippen molar-refractivity contribution in [3.05, 3.63) is 24.3 Å². The Bertz CT molecular complexity index is 152. The molecule has 2 rings (SSSR count). The Labute approximate surface area is 101 Å². The van der Waals surface area contributed by atoms with Crippen LogP contribution >= 0.6 is 0 Å². The molecule has 1 saturated heterocycles. The molecule has 1 fully saturated rings. The summed E-state index contributed by atoms with van der Waals surface area (Å²) in [6.45, 7) is 1.05. The smallest absolute Gasteiger partial charge is 0.457 e. The van der Waals surface area contributed by atoms with E-state index in [2.05, 4.69) is 17.9 Å². The summed E-state index contributed by atoms with van der Waals surface area (Å²) in [5.41, 5.74) is 0. The van der Waals surface area contributed by atoms with E-state index >= 15 is 0 Å². The molecule has 0 unspecified atom stereocenters. The molecule has 0 N–H and O–H groups in total. The SMILES string of the molecule is [C-]1=CC=CC1.[CH3][Al]1[CH2]CCC[O]1.[Ti]. The van der Waals surface area contributed by atoms with E-state index in [0.717, 1.165) is 13.0 Å². The zero-order valence-electron chi connectivity index (χ0n) is 8.25. The molecule has 0 saturated carbocycles. The fourth-order valence-electron chi connectivity index (χ4n) is 1.24. The third-order valence-corrected chi connectivity index (χ3v) is 4.02. The number of allylic oxidation sites excluding steroid dienone is 4. The standard InChI is InChI=1S/C5H5.C4H8O.CH3.Al.Ti/c1-2-4-5-3-1;1-2-3-4-5;;;/h1-3H,4H2;1-4H2;1H3;;/q2*-1;;+1;. The van der Waals surface area contributed by atoms with E-state index in [1.54, 1.807) is 0 Å². The molecule has 0 aromatic heterocycles. The van der Waals surface area contributed by atoms with Gasteiger partial charge in [-0.15, -0.1) is 6.42 Å². The molecule has 70 valence electrons. The third-order valence-electron chi connectivity index (χ3n) is 1.99. The largest absolute Gasteiger partial charge is 0.501 e. The molecule has 2 aliphatic rings. The van der Waals surface area contributed by atoms with Crippen LogP contribution in [0, 0.1) is 6.08 Å². The van der Waals surface area contributed by atoms with Crippen molar-refractivity contribution in [1.29, 1.82) is 0 Å². The molecule has 0 spiro atoms. The minimum Gasteiger partial charge on any atom is -0.501 e. The van der Waals surface area contributed by atoms with Crippen LogP contribution in [-0.2, 0) is 25.5 Å². The molecule has 1 nitrogen and oxygen atoms in total. The maximum atomic E-state index is 5.42. The van der Waals surface area contributed by atoms with Crippen LogP contribution in [0.15, 0.2) is 18.2 Å². The van der Waals surface area contributed by atoms with E-state index in [1.807, 2.05) is 12.2 Å². The summed E-state index contributed by atoms with van der Waals surface area (Å²) < 4.78 is 5.42. The molecule has 3 heteroatoms. The summed E-state index contributed by atoms with van der Waals surface area (Å²) >= 11 is -0.595. The normalized spacial score (nSPS) is 19.0. The van der Waals surface area contributed by atoms with Crippen molar-refractivity contribution in [2.45, 2.75) is 30.3 Å². The number of rotatable bonds is 0. The summed E-state index contributed by atoms with van der Waals surface area (Å²) in [7, 11) is 0. The zero-order chi connectivity index (χ0) is 8.65. The second kappa shape index (κ2) is 9.25. The van der Waals surface area contributed by atoms with Gasteiger partial charge in [-0.25, -0.2) is 12.2 Å². The van der Waals surface area contributed by atoms with Crippen molar-refractivity contribution in [2.24, 2.45) is 0 Å². The van der Waals surface area contributed by atoms with Crippen LogP contribution in [0.2, 0.25) is 11.1 Å². The van der Waals surface area contributed by atoms with E-state index in [-0.39, 0.29) is 21.7 Å². The van der Waals surface area contributed by atoms with E-state index in [4.69, 9.17) is 3.79 Å². The van der Waals surface area contributed by atoms with Crippen LogP contribution in [0.3, 0.4) is 0 Å². The maximum Gasteiger partial charge on any atom is 0.457 e. The van der Waals surface area contributed by atoms with E-state index in [9.17, 15) is 0 Å². The molecular formula is C10H16AlOTi-. The fraction of sp³-hybridized carbons (Fsp3) is 0.600. The fourth-order valence-corrected chi connectivity index (χ4v) is 2.84. The molecule has 1 aliphatic carbocycles. The van der Waals surface area contributed by atoms with Crippen LogP contribution in [0.5, 0.6) is 0 Å². The van der Waals surface area contributed by atoms with Gasteiger partial charge >= 0.3 is 14.5 Å². The van der Waals surface area contributed by atoms with Gasteiger partial charge in [0.1, 0.15) is 0 Å². The van der Waals surface area contributed by atoms with E-state index in [0.29, 0.717) is 0 Å². The van der Waals surface area contributed by atoms with Crippen LogP contribution in [0.25, 0.3) is 0 Å². The van der Waals surface area contributed by atoms with Gasteiger partial charge in [0.2, 0.25) is 0 Å². The van der Waals surface area contributed by atoms with Gasteiger partial charge in [0.05, 0.1) is 0 Å². The van der Waals surface area contributed by atoms with Gasteiger partial charge in [-0.1, -0.05) is 17.5 Å². The molecule has 0 bridgehead atoms. The van der Waals surface area contributed by atoms with Crippen LogP contribution in [0.1, 0.15) is 19.3 Å². The Hall–Kier alpha value is 0.687. The number of hydrogen-bond donors (Lipinski definition) is 0. The van der Waals surface area contributed by atoms with Crippen molar-refractivity contribution in [3.63, 3.8) is 0 Å². The van der Waals surface area contributed by atoms with Crippen molar-refractivity contribution >= 4 is 14.5 Å². The topological polar surface area (TPSA) is 9.23 Å². The molecule has 1 aliphatic heterocycles. The van der Waals surface area contributed by atoms with E-state index < -0.39 is 14.5 Å². The van der Waals surface area contributed by atoms with Crippen LogP contribution in [-0.4, -0.2) is 21.1 Å². The minimum absolute atomic E-state index is 0. The van der Waals surface area contributed by atoms with Crippen molar-refractivity contribution in [3.8, 4) is 0 Å². The molecule has 0 amide bonds. The number of hydrogen-bond acceptors (Lipinski definition) is 1. The van der Waals surface area contributed by atoms with Gasteiger partial charge in [-0.2, -0.15) is 6.08 Å². The van der Waals surface area contributed by atoms with Crippen molar-refractivity contribution in [1.82, 2.24) is 0 Å². The quantitative estimate of drug-likeness (QED) is 0.456. The Kier molecular flexibility index (Phi) is 9.74. The Balaban J connectivity index is 0.000000215. The van der Waals surface area contributed by atoms with Gasteiger partial charge in [0, 0.05) is 28.3 Å². The summed E-state index contributed by atoms with van der Waals surface area (Å²) in [5, 5.41) is 1.40. The molecule has 0 radical (unpaired) electrons. The van der Waals surface area contributed by atoms with Gasteiger partial charge in [0.25, 0.3) is 0 Å². The maximum absolute atomic E-state index is 5.42. The van der Waals surface area contributed by atoms with Gasteiger partial charge in [-0.3, -0.25) is 6.08 Å². The summed E-state index contributed by atoms with van der Waals surface area (Å²) in [5.74, 6) is 2.28. The summed E-state index contributed by atoms with van der Waals surface area (Å²) in [6, 6.07) is 0. The molecule has 0 aromatic carbocycles. The van der Waals surface area contributed by atoms with Crippen molar-refractivity contribution in [2.75, 3.05) is 6.61 Å². The van der Waals surface area contributed by atoms with Crippen molar-refractivity contribution < 1.29 is 25.5 Å². The summed E-state index contributed by atoms with van der Waals surface area (Å²) in [4.78, 5) is 0. The third kappa shape index (κ3) is 7.73. The monoisotopic (exact) mass is 227 g/mol. The molecule has 1 heterocycles. The van der Waals surface area contributed by atoms with Crippen LogP contribution < -0.4 is 0 Å². The second-order valence-electron chi connectivity index (χ2n) is 3.18. The van der Waals surface area contributed by atoms with Gasteiger partial charge in [0.15, 0.2) is 0 Å². The average molecular weight is 227 g/mol. The average Bonchev–Trinajstić information content (AvgIpc) is 2.62.